The molecule has 1 fully saturated rings. The van der Waals surface area contributed by atoms with Gasteiger partial charge in [0.1, 0.15) is 5.82 Å². The molecule has 0 bridgehead atoms. The van der Waals surface area contributed by atoms with Crippen molar-refractivity contribution in [2.45, 2.75) is 19.5 Å². The molecule has 2 aliphatic heterocycles. The van der Waals surface area contributed by atoms with Crippen LogP contribution in [0.4, 0.5) is 5.82 Å². The summed E-state index contributed by atoms with van der Waals surface area (Å²) in [6.07, 6.45) is 1.16. The highest BCUT2D eigenvalue weighted by Gasteiger charge is 2.31. The number of benzene rings is 1. The van der Waals surface area contributed by atoms with Crippen LogP contribution in [-0.4, -0.2) is 33.9 Å². The molecular weight excluding hydrogens is 335 g/mol. The average molecular weight is 349 g/mol. The highest BCUT2D eigenvalue weighted by Crippen LogP contribution is 2.33. The van der Waals surface area contributed by atoms with Crippen molar-refractivity contribution in [1.29, 1.82) is 0 Å². The third-order valence-electron chi connectivity index (χ3n) is 4.27. The van der Waals surface area contributed by atoms with E-state index in [4.69, 9.17) is 23.2 Å². The normalized spacial score (nSPS) is 16.3. The van der Waals surface area contributed by atoms with E-state index >= 15 is 0 Å². The number of aromatic nitrogens is 2. The Bertz CT molecular complexity index is 774. The predicted molar refractivity (Wildman–Crippen MR) is 88.9 cm³/mol. The Labute approximate surface area is 143 Å². The van der Waals surface area contributed by atoms with Crippen molar-refractivity contribution in [3.8, 4) is 0 Å². The van der Waals surface area contributed by atoms with Gasteiger partial charge in [-0.15, -0.1) is 0 Å². The van der Waals surface area contributed by atoms with Gasteiger partial charge in [-0.1, -0.05) is 11.6 Å². The SMILES string of the molecule is O=C(c1ccc(Cl)cc1)N1Cc2nc(Cl)nc(N3CCC3)c2C1. The Kier molecular flexibility index (Phi) is 3.62. The lowest BCUT2D eigenvalue weighted by atomic mass is 10.1. The molecule has 118 valence electrons. The largest absolute Gasteiger partial charge is 0.356 e. The van der Waals surface area contributed by atoms with Gasteiger partial charge in [-0.05, 0) is 42.3 Å². The first kappa shape index (κ1) is 14.7. The number of hydrogen-bond donors (Lipinski definition) is 0. The molecule has 4 rings (SSSR count). The van der Waals surface area contributed by atoms with E-state index < -0.39 is 0 Å². The van der Waals surface area contributed by atoms with Gasteiger partial charge in [0.05, 0.1) is 18.8 Å². The van der Waals surface area contributed by atoms with Gasteiger partial charge >= 0.3 is 0 Å². The highest BCUT2D eigenvalue weighted by molar-refractivity contribution is 6.30. The van der Waals surface area contributed by atoms with Gasteiger partial charge < -0.3 is 9.80 Å². The number of amides is 1. The molecule has 3 heterocycles. The van der Waals surface area contributed by atoms with E-state index in [1.807, 2.05) is 0 Å². The maximum absolute atomic E-state index is 12.7. The van der Waals surface area contributed by atoms with E-state index in [9.17, 15) is 4.79 Å². The van der Waals surface area contributed by atoms with Gasteiger partial charge in [0.25, 0.3) is 5.91 Å². The van der Waals surface area contributed by atoms with Crippen LogP contribution in [0.3, 0.4) is 0 Å². The van der Waals surface area contributed by atoms with Crippen molar-refractivity contribution in [1.82, 2.24) is 14.9 Å². The summed E-state index contributed by atoms with van der Waals surface area (Å²) in [6, 6.07) is 6.92. The van der Waals surface area contributed by atoms with Crippen LogP contribution in [0.5, 0.6) is 0 Å². The first-order chi connectivity index (χ1) is 11.1. The molecule has 0 aliphatic carbocycles. The van der Waals surface area contributed by atoms with Crippen LogP contribution in [0.15, 0.2) is 24.3 Å². The van der Waals surface area contributed by atoms with Crippen LogP contribution in [0, 0.1) is 0 Å². The smallest absolute Gasteiger partial charge is 0.254 e. The summed E-state index contributed by atoms with van der Waals surface area (Å²) in [4.78, 5) is 25.3. The topological polar surface area (TPSA) is 49.3 Å². The van der Waals surface area contributed by atoms with Crippen molar-refractivity contribution in [2.75, 3.05) is 18.0 Å². The molecule has 1 aromatic carbocycles. The predicted octanol–water partition coefficient (Wildman–Crippen LogP) is 3.15. The minimum absolute atomic E-state index is 0.0367. The Hall–Kier alpha value is -1.85. The van der Waals surface area contributed by atoms with E-state index in [0.29, 0.717) is 23.7 Å². The third kappa shape index (κ3) is 2.64. The zero-order valence-electron chi connectivity index (χ0n) is 12.3. The second-order valence-corrected chi connectivity index (χ2v) is 6.52. The first-order valence-electron chi connectivity index (χ1n) is 7.47. The summed E-state index contributed by atoms with van der Waals surface area (Å²) in [5, 5.41) is 0.857. The molecule has 1 amide bonds. The monoisotopic (exact) mass is 348 g/mol. The van der Waals surface area contributed by atoms with Crippen LogP contribution >= 0.6 is 23.2 Å². The van der Waals surface area contributed by atoms with Crippen molar-refractivity contribution in [3.05, 3.63) is 51.4 Å². The molecule has 0 spiro atoms. The summed E-state index contributed by atoms with van der Waals surface area (Å²) >= 11 is 11.9. The van der Waals surface area contributed by atoms with E-state index in [1.165, 1.54) is 0 Å². The molecule has 2 aromatic rings. The molecule has 0 saturated carbocycles. The van der Waals surface area contributed by atoms with Crippen molar-refractivity contribution in [3.63, 3.8) is 0 Å². The zero-order valence-corrected chi connectivity index (χ0v) is 13.8. The maximum atomic E-state index is 12.7. The van der Waals surface area contributed by atoms with Crippen LogP contribution < -0.4 is 4.90 Å². The van der Waals surface area contributed by atoms with Crippen LogP contribution in [0.2, 0.25) is 10.3 Å². The highest BCUT2D eigenvalue weighted by atomic mass is 35.5. The molecule has 0 unspecified atom stereocenters. The number of carbonyl (C=O) groups excluding carboxylic acids is 1. The zero-order chi connectivity index (χ0) is 16.0. The van der Waals surface area contributed by atoms with Gasteiger partial charge in [-0.2, -0.15) is 0 Å². The molecule has 1 aromatic heterocycles. The van der Waals surface area contributed by atoms with Crippen LogP contribution in [0.25, 0.3) is 0 Å². The number of nitrogens with zero attached hydrogens (tertiary/aromatic N) is 4. The van der Waals surface area contributed by atoms with Gasteiger partial charge in [-0.25, -0.2) is 9.97 Å². The van der Waals surface area contributed by atoms with Gasteiger partial charge in [0.2, 0.25) is 5.28 Å². The summed E-state index contributed by atoms with van der Waals surface area (Å²) < 4.78 is 0. The third-order valence-corrected chi connectivity index (χ3v) is 4.69. The molecule has 0 N–H and O–H groups in total. The fraction of sp³-hybridized carbons (Fsp3) is 0.312. The number of carbonyl (C=O) groups is 1. The number of anilines is 1. The van der Waals surface area contributed by atoms with Crippen molar-refractivity contribution < 1.29 is 4.79 Å². The van der Waals surface area contributed by atoms with E-state index in [0.717, 1.165) is 36.6 Å². The summed E-state index contributed by atoms with van der Waals surface area (Å²) in [5.74, 6) is 0.836. The average Bonchev–Trinajstić information content (AvgIpc) is 2.89. The number of rotatable bonds is 2. The van der Waals surface area contributed by atoms with Gasteiger partial charge in [0.15, 0.2) is 0 Å². The number of halogens is 2. The van der Waals surface area contributed by atoms with Crippen LogP contribution in [-0.2, 0) is 13.1 Å². The molecule has 7 heteroatoms. The fourth-order valence-electron chi connectivity index (χ4n) is 2.92. The summed E-state index contributed by atoms with van der Waals surface area (Å²) in [7, 11) is 0. The Morgan fingerprint density at radius 2 is 1.78 bits per heavy atom. The molecule has 2 aliphatic rings. The molecule has 1 saturated heterocycles. The minimum Gasteiger partial charge on any atom is -0.356 e. The number of fused-ring (bicyclic) bond motifs is 1. The Morgan fingerprint density at radius 1 is 1.04 bits per heavy atom. The van der Waals surface area contributed by atoms with E-state index in [2.05, 4.69) is 14.9 Å². The van der Waals surface area contributed by atoms with E-state index in [1.54, 1.807) is 29.2 Å². The second kappa shape index (κ2) is 5.65. The van der Waals surface area contributed by atoms with Crippen molar-refractivity contribution in [2.24, 2.45) is 0 Å². The Balaban J connectivity index is 1.62. The minimum atomic E-state index is -0.0367. The van der Waals surface area contributed by atoms with Crippen LogP contribution in [0.1, 0.15) is 28.0 Å². The molecule has 0 atom stereocenters. The Morgan fingerprint density at radius 3 is 2.43 bits per heavy atom. The summed E-state index contributed by atoms with van der Waals surface area (Å²) in [5.41, 5.74) is 2.47. The van der Waals surface area contributed by atoms with Crippen molar-refractivity contribution >= 4 is 34.9 Å². The molecule has 5 nitrogen and oxygen atoms in total. The first-order valence-corrected chi connectivity index (χ1v) is 8.22. The summed E-state index contributed by atoms with van der Waals surface area (Å²) in [6.45, 7) is 2.93. The molecule has 0 radical (unpaired) electrons. The van der Waals surface area contributed by atoms with E-state index in [-0.39, 0.29) is 11.2 Å². The standard InChI is InChI=1S/C16H14Cl2N4O/c17-11-4-2-10(3-5-11)15(23)22-8-12-13(9-22)19-16(18)20-14(12)21-6-1-7-21/h2-5H,1,6-9H2. The molecular formula is C16H14Cl2N4O. The lowest BCUT2D eigenvalue weighted by Gasteiger charge is -2.33. The quantitative estimate of drug-likeness (QED) is 0.782. The lowest BCUT2D eigenvalue weighted by Crippen LogP contribution is -2.38. The fourth-order valence-corrected chi connectivity index (χ4v) is 3.22. The maximum Gasteiger partial charge on any atom is 0.254 e. The molecule has 23 heavy (non-hydrogen) atoms. The van der Waals surface area contributed by atoms with Gasteiger partial charge in [0, 0.05) is 29.2 Å². The van der Waals surface area contributed by atoms with Gasteiger partial charge in [-0.3, -0.25) is 4.79 Å². The number of hydrogen-bond acceptors (Lipinski definition) is 4. The second-order valence-electron chi connectivity index (χ2n) is 5.75. The lowest BCUT2D eigenvalue weighted by molar-refractivity contribution is 0.0750.